The first-order valence-corrected chi connectivity index (χ1v) is 9.68. The molecular formula is C20H19F2N3O7. The molecule has 2 aromatic rings. The van der Waals surface area contributed by atoms with Gasteiger partial charge in [0.25, 0.3) is 18.1 Å². The van der Waals surface area contributed by atoms with Crippen molar-refractivity contribution in [2.24, 2.45) is 0 Å². The molecule has 0 aliphatic carbocycles. The Kier molecular flexibility index (Phi) is 6.06. The van der Waals surface area contributed by atoms with Crippen molar-refractivity contribution in [3.8, 4) is 5.88 Å². The Morgan fingerprint density at radius 3 is 2.69 bits per heavy atom. The predicted molar refractivity (Wildman–Crippen MR) is 103 cm³/mol. The molecule has 10 nitrogen and oxygen atoms in total. The lowest BCUT2D eigenvalue weighted by Crippen LogP contribution is -2.42. The summed E-state index contributed by atoms with van der Waals surface area (Å²) in [5.41, 5.74) is 0.0520. The van der Waals surface area contributed by atoms with Gasteiger partial charge < -0.3 is 29.1 Å². The molecule has 0 radical (unpaired) electrons. The van der Waals surface area contributed by atoms with Crippen LogP contribution in [-0.4, -0.2) is 70.9 Å². The maximum Gasteiger partial charge on any atom is 0.417 e. The van der Waals surface area contributed by atoms with Gasteiger partial charge in [-0.3, -0.25) is 9.69 Å². The van der Waals surface area contributed by atoms with Crippen LogP contribution in [0.15, 0.2) is 35.1 Å². The molecule has 32 heavy (non-hydrogen) atoms. The van der Waals surface area contributed by atoms with Gasteiger partial charge in [0.2, 0.25) is 0 Å². The van der Waals surface area contributed by atoms with E-state index in [0.717, 1.165) is 17.0 Å². The Balaban J connectivity index is 1.49. The average molecular weight is 451 g/mol. The van der Waals surface area contributed by atoms with Crippen molar-refractivity contribution in [1.82, 2.24) is 10.1 Å². The van der Waals surface area contributed by atoms with Crippen LogP contribution >= 0.6 is 0 Å². The minimum absolute atomic E-state index is 0.0331. The van der Waals surface area contributed by atoms with Crippen LogP contribution in [0.4, 0.5) is 19.3 Å². The Labute approximate surface area is 180 Å². The van der Waals surface area contributed by atoms with Gasteiger partial charge in [0.15, 0.2) is 6.10 Å². The molecule has 0 saturated carbocycles. The zero-order valence-corrected chi connectivity index (χ0v) is 16.6. The van der Waals surface area contributed by atoms with E-state index < -0.39 is 42.6 Å². The molecule has 12 heteroatoms. The second-order valence-electron chi connectivity index (χ2n) is 7.13. The molecule has 0 spiro atoms. The number of amides is 2. The summed E-state index contributed by atoms with van der Waals surface area (Å²) in [5, 5.41) is 21.9. The molecular weight excluding hydrogens is 432 g/mol. The summed E-state index contributed by atoms with van der Waals surface area (Å²) in [7, 11) is 0. The maximum absolute atomic E-state index is 14.8. The first-order chi connectivity index (χ1) is 15.4. The zero-order chi connectivity index (χ0) is 22.8. The fourth-order valence-electron chi connectivity index (χ4n) is 3.51. The third-order valence-electron chi connectivity index (χ3n) is 5.09. The number of benzene rings is 1. The molecule has 2 N–H and O–H groups in total. The van der Waals surface area contributed by atoms with Crippen LogP contribution in [0.3, 0.4) is 0 Å². The maximum atomic E-state index is 14.8. The van der Waals surface area contributed by atoms with E-state index in [2.05, 4.69) is 9.68 Å². The van der Waals surface area contributed by atoms with Gasteiger partial charge in [-0.25, -0.2) is 13.6 Å². The van der Waals surface area contributed by atoms with E-state index in [4.69, 9.17) is 14.6 Å². The lowest BCUT2D eigenvalue weighted by atomic mass is 9.97. The van der Waals surface area contributed by atoms with E-state index in [1.165, 1.54) is 23.3 Å². The molecule has 1 aromatic carbocycles. The number of aromatic nitrogens is 1. The number of aliphatic hydroxyl groups excluding tert-OH is 2. The van der Waals surface area contributed by atoms with E-state index in [1.54, 1.807) is 0 Å². The number of carbonyl (C=O) groups is 2. The third kappa shape index (κ3) is 4.27. The molecule has 170 valence electrons. The molecule has 2 amide bonds. The number of cyclic esters (lactones) is 1. The Bertz CT molecular complexity index is 1020. The van der Waals surface area contributed by atoms with E-state index in [-0.39, 0.29) is 43.2 Å². The Morgan fingerprint density at radius 2 is 2.09 bits per heavy atom. The number of halogens is 2. The number of nitrogens with zero attached hydrogens (tertiary/aromatic N) is 3. The van der Waals surface area contributed by atoms with Crippen molar-refractivity contribution in [3.63, 3.8) is 0 Å². The van der Waals surface area contributed by atoms with Gasteiger partial charge >= 0.3 is 6.09 Å². The molecule has 2 aliphatic rings. The monoisotopic (exact) mass is 451 g/mol. The van der Waals surface area contributed by atoms with E-state index in [0.29, 0.717) is 5.57 Å². The van der Waals surface area contributed by atoms with Crippen molar-refractivity contribution in [2.75, 3.05) is 31.1 Å². The highest BCUT2D eigenvalue weighted by Crippen LogP contribution is 2.32. The van der Waals surface area contributed by atoms with Crippen molar-refractivity contribution in [3.05, 3.63) is 47.7 Å². The molecule has 2 aliphatic heterocycles. The van der Waals surface area contributed by atoms with Gasteiger partial charge in [-0.15, -0.1) is 0 Å². The number of hydrogen-bond donors (Lipinski definition) is 2. The number of aliphatic hydroxyl groups is 2. The van der Waals surface area contributed by atoms with Crippen LogP contribution in [0.1, 0.15) is 12.0 Å². The van der Waals surface area contributed by atoms with E-state index >= 15 is 0 Å². The fraction of sp³-hybridized carbons (Fsp3) is 0.350. The summed E-state index contributed by atoms with van der Waals surface area (Å²) in [5.74, 6) is -2.32. The summed E-state index contributed by atoms with van der Waals surface area (Å²) in [6, 6.07) is 3.46. The molecule has 1 saturated heterocycles. The van der Waals surface area contributed by atoms with Crippen molar-refractivity contribution >= 4 is 23.3 Å². The molecule has 0 unspecified atom stereocenters. The largest absolute Gasteiger partial charge is 0.433 e. The lowest BCUT2D eigenvalue weighted by Gasteiger charge is -2.28. The third-order valence-corrected chi connectivity index (χ3v) is 5.09. The smallest absolute Gasteiger partial charge is 0.417 e. The first-order valence-electron chi connectivity index (χ1n) is 9.68. The molecule has 1 aromatic heterocycles. The number of carbonyl (C=O) groups excluding carboxylic acids is 2. The highest BCUT2D eigenvalue weighted by atomic mass is 19.1. The SMILES string of the molecule is O=C([C@H](O)CO)N1CC=C(c2c(F)cc(N3C[C@H](Oc4ccon4)OC3=O)cc2F)CC1. The molecule has 4 rings (SSSR count). The van der Waals surface area contributed by atoms with Gasteiger partial charge in [0.05, 0.1) is 12.3 Å². The summed E-state index contributed by atoms with van der Waals surface area (Å²) in [6.45, 7) is -0.663. The first kappa shape index (κ1) is 21.7. The Hall–Kier alpha value is -3.51. The predicted octanol–water partition coefficient (Wildman–Crippen LogP) is 1.28. The van der Waals surface area contributed by atoms with Crippen LogP contribution in [0.5, 0.6) is 5.88 Å². The summed E-state index contributed by atoms with van der Waals surface area (Å²) >= 11 is 0. The zero-order valence-electron chi connectivity index (χ0n) is 16.6. The highest BCUT2D eigenvalue weighted by Gasteiger charge is 2.35. The van der Waals surface area contributed by atoms with Crippen molar-refractivity contribution < 1.29 is 42.6 Å². The number of hydrogen-bond acceptors (Lipinski definition) is 8. The minimum atomic E-state index is -1.53. The second-order valence-corrected chi connectivity index (χ2v) is 7.13. The van der Waals surface area contributed by atoms with E-state index in [9.17, 15) is 23.5 Å². The number of rotatable bonds is 6. The van der Waals surface area contributed by atoms with Gasteiger partial charge in [0.1, 0.15) is 24.4 Å². The molecule has 2 atom stereocenters. The average Bonchev–Trinajstić information content (AvgIpc) is 3.42. The van der Waals surface area contributed by atoms with Gasteiger partial charge in [0, 0.05) is 24.7 Å². The van der Waals surface area contributed by atoms with E-state index in [1.807, 2.05) is 0 Å². The Morgan fingerprint density at radius 1 is 1.34 bits per heavy atom. The van der Waals surface area contributed by atoms with Crippen molar-refractivity contribution in [1.29, 1.82) is 0 Å². The van der Waals surface area contributed by atoms with Crippen LogP contribution in [0.2, 0.25) is 0 Å². The summed E-state index contributed by atoms with van der Waals surface area (Å²) < 4.78 is 44.7. The van der Waals surface area contributed by atoms with Gasteiger partial charge in [-0.05, 0) is 29.3 Å². The molecule has 1 fully saturated rings. The summed E-state index contributed by atoms with van der Waals surface area (Å²) in [6.07, 6.45) is -0.488. The fourth-order valence-corrected chi connectivity index (χ4v) is 3.51. The number of anilines is 1. The van der Waals surface area contributed by atoms with Crippen molar-refractivity contribution in [2.45, 2.75) is 18.8 Å². The number of ether oxygens (including phenoxy) is 2. The topological polar surface area (TPSA) is 126 Å². The van der Waals surface area contributed by atoms with Crippen LogP contribution in [-0.2, 0) is 9.53 Å². The van der Waals surface area contributed by atoms with Gasteiger partial charge in [-0.2, -0.15) is 0 Å². The summed E-state index contributed by atoms with van der Waals surface area (Å²) in [4.78, 5) is 26.4. The van der Waals surface area contributed by atoms with Crippen LogP contribution in [0, 0.1) is 11.6 Å². The van der Waals surface area contributed by atoms with Crippen LogP contribution in [0.25, 0.3) is 5.57 Å². The normalized spacial score (nSPS) is 19.6. The standard InChI is InChI=1S/C20H19F2N3O7/c21-13-7-12(25-9-17(32-20(25)29)31-16-3-6-30-23-16)8-14(22)18(13)11-1-4-24(5-2-11)19(28)15(27)10-26/h1,3,6-8,15,17,26-27H,2,4-5,9-10H2/t15-,17-/m1/s1. The minimum Gasteiger partial charge on any atom is -0.433 e. The lowest BCUT2D eigenvalue weighted by molar-refractivity contribution is -0.141. The molecule has 3 heterocycles. The highest BCUT2D eigenvalue weighted by molar-refractivity contribution is 5.90. The van der Waals surface area contributed by atoms with Crippen LogP contribution < -0.4 is 9.64 Å². The van der Waals surface area contributed by atoms with Gasteiger partial charge in [-0.1, -0.05) is 6.08 Å². The quantitative estimate of drug-likeness (QED) is 0.673. The molecule has 0 bridgehead atoms. The second kappa shape index (κ2) is 8.93.